The summed E-state index contributed by atoms with van der Waals surface area (Å²) in [5, 5.41) is 15.8. The molecule has 1 aromatic heterocycles. The molecule has 7 rings (SSSR count). The lowest BCUT2D eigenvalue weighted by molar-refractivity contribution is -0.137. The second-order valence-electron chi connectivity index (χ2n) is 16.3. The fraction of sp³-hybridized carbons (Fsp3) is 0.457. The van der Waals surface area contributed by atoms with Gasteiger partial charge in [0.1, 0.15) is 41.3 Å². The van der Waals surface area contributed by atoms with Crippen molar-refractivity contribution < 1.29 is 61.5 Å². The predicted molar refractivity (Wildman–Crippen MR) is 247 cm³/mol. The molecule has 23 heteroatoms. The fourth-order valence-electron chi connectivity index (χ4n) is 8.05. The van der Waals surface area contributed by atoms with E-state index in [0.29, 0.717) is 89.4 Å². The molecule has 3 aliphatic heterocycles. The third kappa shape index (κ3) is 12.6. The minimum atomic E-state index is -0.976. The minimum absolute atomic E-state index is 0.00279. The first-order valence-electron chi connectivity index (χ1n) is 22.5. The van der Waals surface area contributed by atoms with Crippen LogP contribution >= 0.6 is 11.6 Å². The van der Waals surface area contributed by atoms with E-state index in [9.17, 15) is 33.5 Å². The van der Waals surface area contributed by atoms with Crippen LogP contribution in [0.1, 0.15) is 35.2 Å². The van der Waals surface area contributed by atoms with Crippen molar-refractivity contribution in [2.45, 2.75) is 31.8 Å². The predicted octanol–water partition coefficient (Wildman–Crippen LogP) is 3.30. The summed E-state index contributed by atoms with van der Waals surface area (Å²) in [4.78, 5) is 76.7. The van der Waals surface area contributed by atoms with Crippen molar-refractivity contribution in [3.05, 3.63) is 70.2 Å². The number of amides is 6. The van der Waals surface area contributed by atoms with Crippen molar-refractivity contribution in [1.82, 2.24) is 30.0 Å². The standard InChI is InChI=1S/C46H54ClF2N9O11/c1-55(15-16-65-17-18-66-19-20-67-21-22-68-23-24-69-29-5-6-30-28(25-29)27-58(44(30)63)34-7-8-36(60)52-43(34)62)37(61)9-10-51-46-53-41-31(42(54-46)56-11-13-57(14-12-56)45(50)64)26-32(47)38(40(41)49)39-33(48)3-2-4-35(39)59/h2-6,25-26,34,59H,7-24,27H2,1H3,(H2,50,64)(H,51,53,54)(H,52,60,62). The second-order valence-corrected chi connectivity index (χ2v) is 16.7. The summed E-state index contributed by atoms with van der Waals surface area (Å²) in [5.74, 6) is -2.71. The number of aromatic hydroxyl groups is 1. The molecule has 1 atom stereocenters. The number of piperazine rings is 1. The molecule has 4 heterocycles. The van der Waals surface area contributed by atoms with E-state index in [1.807, 2.05) is 4.90 Å². The number of ether oxygens (including phenoxy) is 5. The molecule has 0 aliphatic carbocycles. The number of phenolic OH excluding ortho intramolecular Hbond substituents is 1. The maximum Gasteiger partial charge on any atom is 0.314 e. The zero-order valence-corrected chi connectivity index (χ0v) is 38.7. The van der Waals surface area contributed by atoms with Crippen LogP contribution in [-0.2, 0) is 39.9 Å². The van der Waals surface area contributed by atoms with Crippen LogP contribution in [0.25, 0.3) is 22.0 Å². The maximum atomic E-state index is 16.4. The number of carbonyl (C=O) groups excluding carboxylic acids is 5. The number of urea groups is 1. The molecule has 69 heavy (non-hydrogen) atoms. The van der Waals surface area contributed by atoms with Crippen LogP contribution in [0.3, 0.4) is 0 Å². The fourth-order valence-corrected chi connectivity index (χ4v) is 8.33. The monoisotopic (exact) mass is 981 g/mol. The van der Waals surface area contributed by atoms with Gasteiger partial charge < -0.3 is 59.4 Å². The molecule has 0 spiro atoms. The summed E-state index contributed by atoms with van der Waals surface area (Å²) in [6.07, 6.45) is 0.535. The molecule has 5 N–H and O–H groups in total. The Hall–Kier alpha value is -6.46. The number of nitrogens with one attached hydrogen (secondary N) is 2. The van der Waals surface area contributed by atoms with Crippen LogP contribution in [0.15, 0.2) is 42.5 Å². The first-order valence-corrected chi connectivity index (χ1v) is 22.8. The average molecular weight is 982 g/mol. The number of likely N-dealkylation sites (N-methyl/N-ethyl adjacent to an activating group) is 1. The topological polar surface area (TPSA) is 241 Å². The van der Waals surface area contributed by atoms with Gasteiger partial charge in [-0.2, -0.15) is 4.98 Å². The number of nitrogens with two attached hydrogens (primary N) is 1. The molecule has 3 aromatic carbocycles. The molecule has 0 bridgehead atoms. The summed E-state index contributed by atoms with van der Waals surface area (Å²) < 4.78 is 59.4. The van der Waals surface area contributed by atoms with Gasteiger partial charge in [-0.25, -0.2) is 18.6 Å². The Kier molecular flexibility index (Phi) is 17.3. The van der Waals surface area contributed by atoms with Crippen LogP contribution in [0.5, 0.6) is 11.5 Å². The Morgan fingerprint density at radius 1 is 0.913 bits per heavy atom. The number of aromatic nitrogens is 2. The van der Waals surface area contributed by atoms with Crippen LogP contribution in [-0.4, -0.2) is 171 Å². The smallest absolute Gasteiger partial charge is 0.314 e. The lowest BCUT2D eigenvalue weighted by atomic mass is 10.0. The van der Waals surface area contributed by atoms with Crippen LogP contribution in [0.2, 0.25) is 5.02 Å². The first-order chi connectivity index (χ1) is 33.3. The third-order valence-corrected chi connectivity index (χ3v) is 12.0. The summed E-state index contributed by atoms with van der Waals surface area (Å²) >= 11 is 6.54. The van der Waals surface area contributed by atoms with E-state index in [1.54, 1.807) is 25.2 Å². The molecule has 6 amide bonds. The van der Waals surface area contributed by atoms with Gasteiger partial charge in [0.15, 0.2) is 5.82 Å². The molecule has 0 radical (unpaired) electrons. The highest BCUT2D eigenvalue weighted by atomic mass is 35.5. The number of benzene rings is 3. The van der Waals surface area contributed by atoms with Crippen LogP contribution in [0, 0.1) is 11.6 Å². The molecule has 3 aliphatic rings. The number of imide groups is 1. The molecule has 0 saturated carbocycles. The summed E-state index contributed by atoms with van der Waals surface area (Å²) in [5.41, 5.74) is 5.76. The van der Waals surface area contributed by atoms with Crippen molar-refractivity contribution in [2.75, 3.05) is 116 Å². The average Bonchev–Trinajstić information content (AvgIpc) is 3.65. The van der Waals surface area contributed by atoms with E-state index in [1.165, 1.54) is 32.9 Å². The second kappa shape index (κ2) is 23.7. The number of hydrogen-bond donors (Lipinski definition) is 4. The molecule has 1 unspecified atom stereocenters. The first kappa shape index (κ1) is 50.4. The maximum absolute atomic E-state index is 16.4. The van der Waals surface area contributed by atoms with Gasteiger partial charge in [0, 0.05) is 82.2 Å². The van der Waals surface area contributed by atoms with E-state index in [0.717, 1.165) is 11.6 Å². The Balaban J connectivity index is 0.755. The number of phenols is 1. The van der Waals surface area contributed by atoms with Crippen molar-refractivity contribution in [3.8, 4) is 22.6 Å². The van der Waals surface area contributed by atoms with E-state index in [4.69, 9.17) is 41.0 Å². The molecule has 2 fully saturated rings. The number of rotatable bonds is 23. The number of anilines is 2. The zero-order valence-electron chi connectivity index (χ0n) is 38.0. The zero-order chi connectivity index (χ0) is 49.0. The van der Waals surface area contributed by atoms with Crippen LogP contribution in [0.4, 0.5) is 25.3 Å². The quantitative estimate of drug-likeness (QED) is 0.0616. The molecule has 370 valence electrons. The van der Waals surface area contributed by atoms with Crippen molar-refractivity contribution in [3.63, 3.8) is 0 Å². The lowest BCUT2D eigenvalue weighted by Gasteiger charge is -2.35. The Morgan fingerprint density at radius 2 is 1.59 bits per heavy atom. The molecular formula is C46H54ClF2N9O11. The Labute approximate surface area is 400 Å². The number of nitrogens with zero attached hydrogens (tertiary/aromatic N) is 6. The third-order valence-electron chi connectivity index (χ3n) is 11.7. The van der Waals surface area contributed by atoms with Crippen molar-refractivity contribution in [2.24, 2.45) is 5.73 Å². The number of halogens is 3. The summed E-state index contributed by atoms with van der Waals surface area (Å²) in [6.45, 7) is 4.83. The highest BCUT2D eigenvalue weighted by Gasteiger charge is 2.39. The van der Waals surface area contributed by atoms with Crippen molar-refractivity contribution in [1.29, 1.82) is 0 Å². The normalized spacial score (nSPS) is 16.0. The van der Waals surface area contributed by atoms with E-state index >= 15 is 4.39 Å². The van der Waals surface area contributed by atoms with E-state index in [-0.39, 0.29) is 97.4 Å². The van der Waals surface area contributed by atoms with Gasteiger partial charge in [-0.15, -0.1) is 0 Å². The van der Waals surface area contributed by atoms with Gasteiger partial charge in [-0.3, -0.25) is 24.5 Å². The van der Waals surface area contributed by atoms with Gasteiger partial charge in [0.2, 0.25) is 23.7 Å². The molecule has 2 saturated heterocycles. The highest BCUT2D eigenvalue weighted by Crippen LogP contribution is 2.42. The number of fused-ring (bicyclic) bond motifs is 2. The van der Waals surface area contributed by atoms with Gasteiger partial charge in [0.25, 0.3) is 5.91 Å². The largest absolute Gasteiger partial charge is 0.507 e. The van der Waals surface area contributed by atoms with Crippen molar-refractivity contribution >= 4 is 63.9 Å². The molecule has 20 nitrogen and oxygen atoms in total. The van der Waals surface area contributed by atoms with Gasteiger partial charge in [0.05, 0.1) is 63.4 Å². The summed E-state index contributed by atoms with van der Waals surface area (Å²) in [6, 6.07) is 8.92. The molecule has 4 aromatic rings. The van der Waals surface area contributed by atoms with Crippen LogP contribution < -0.4 is 26.0 Å². The number of carbonyl (C=O) groups is 5. The number of primary amides is 1. The number of hydrogen-bond acceptors (Lipinski definition) is 15. The highest BCUT2D eigenvalue weighted by molar-refractivity contribution is 6.34. The lowest BCUT2D eigenvalue weighted by Crippen LogP contribution is -2.52. The molecular weight excluding hydrogens is 928 g/mol. The SMILES string of the molecule is CN(CCOCCOCCOCCOCCOc1ccc2c(c1)CN(C1CCC(=O)NC1=O)C2=O)C(=O)CCNc1nc(N2CCN(C(N)=O)CC2)c2cc(Cl)c(-c3c(O)cccc3F)c(F)c2n1. The van der Waals surface area contributed by atoms with E-state index in [2.05, 4.69) is 20.6 Å². The van der Waals surface area contributed by atoms with Gasteiger partial charge >= 0.3 is 6.03 Å². The van der Waals surface area contributed by atoms with E-state index < -0.39 is 40.9 Å². The van der Waals surface area contributed by atoms with Gasteiger partial charge in [-0.05, 0) is 48.4 Å². The Morgan fingerprint density at radius 3 is 2.26 bits per heavy atom. The minimum Gasteiger partial charge on any atom is -0.507 e. The summed E-state index contributed by atoms with van der Waals surface area (Å²) in [7, 11) is 1.64. The number of piperidine rings is 1. The Bertz CT molecular complexity index is 2510. The van der Waals surface area contributed by atoms with Gasteiger partial charge in [-0.1, -0.05) is 17.7 Å².